The van der Waals surface area contributed by atoms with Gasteiger partial charge in [0.2, 0.25) is 0 Å². The van der Waals surface area contributed by atoms with Crippen molar-refractivity contribution in [2.24, 2.45) is 0 Å². The summed E-state index contributed by atoms with van der Waals surface area (Å²) in [5.41, 5.74) is 0.331. The molecule has 0 saturated carbocycles. The quantitative estimate of drug-likeness (QED) is 0.467. The molecule has 2 aromatic rings. The van der Waals surface area contributed by atoms with E-state index in [1.165, 1.54) is 12.1 Å². The number of aliphatic carboxylic acids is 1. The summed E-state index contributed by atoms with van der Waals surface area (Å²) in [7, 11) is -4.00. The second kappa shape index (κ2) is 13.8. The van der Waals surface area contributed by atoms with Gasteiger partial charge in [0.1, 0.15) is 0 Å². The fourth-order valence-corrected chi connectivity index (χ4v) is 1.67. The third-order valence-electron chi connectivity index (χ3n) is 2.06. The van der Waals surface area contributed by atoms with E-state index in [1.807, 2.05) is 0 Å². The van der Waals surface area contributed by atoms with Gasteiger partial charge in [-0.1, -0.05) is 36.4 Å². The van der Waals surface area contributed by atoms with Crippen molar-refractivity contribution in [2.45, 2.75) is 11.8 Å². The molecule has 0 amide bonds. The SMILES string of the molecule is CC(=O)O.O=C(O)O.O=C(O)c1ccccc1.O=S(=O)(O)c1ccccc1. The van der Waals surface area contributed by atoms with Crippen molar-refractivity contribution in [1.82, 2.24) is 0 Å². The number of rotatable bonds is 2. The number of hydrogen-bond donors (Lipinski definition) is 5. The molecule has 2 aromatic carbocycles. The average molecular weight is 402 g/mol. The van der Waals surface area contributed by atoms with Crippen LogP contribution in [0.5, 0.6) is 0 Å². The Morgan fingerprint density at radius 3 is 1.22 bits per heavy atom. The molecule has 0 aromatic heterocycles. The molecule has 0 unspecified atom stereocenters. The van der Waals surface area contributed by atoms with Crippen LogP contribution in [0.4, 0.5) is 4.79 Å². The zero-order valence-electron chi connectivity index (χ0n) is 14.0. The van der Waals surface area contributed by atoms with Gasteiger partial charge in [-0.05, 0) is 24.3 Å². The molecule has 10 nitrogen and oxygen atoms in total. The second-order valence-electron chi connectivity index (χ2n) is 4.26. The first-order valence-corrected chi connectivity index (χ1v) is 8.24. The molecule has 0 heterocycles. The molecule has 27 heavy (non-hydrogen) atoms. The van der Waals surface area contributed by atoms with Gasteiger partial charge in [0, 0.05) is 6.92 Å². The Morgan fingerprint density at radius 1 is 0.741 bits per heavy atom. The molecule has 0 atom stereocenters. The molecular formula is C16H18O10S. The van der Waals surface area contributed by atoms with Crippen LogP contribution in [0, 0.1) is 0 Å². The highest BCUT2D eigenvalue weighted by Gasteiger charge is 2.05. The van der Waals surface area contributed by atoms with E-state index in [2.05, 4.69) is 0 Å². The van der Waals surface area contributed by atoms with Crippen LogP contribution >= 0.6 is 0 Å². The van der Waals surface area contributed by atoms with Crippen molar-refractivity contribution in [2.75, 3.05) is 0 Å². The van der Waals surface area contributed by atoms with Gasteiger partial charge in [0.15, 0.2) is 0 Å². The Bertz CT molecular complexity index is 782. The molecule has 0 radical (unpaired) electrons. The maximum Gasteiger partial charge on any atom is 0.503 e. The zero-order valence-corrected chi connectivity index (χ0v) is 14.8. The molecule has 0 fully saturated rings. The second-order valence-corrected chi connectivity index (χ2v) is 5.68. The average Bonchev–Trinajstić information content (AvgIpc) is 2.55. The molecule has 0 aliphatic rings. The van der Waals surface area contributed by atoms with Crippen LogP contribution in [-0.2, 0) is 14.9 Å². The summed E-state index contributed by atoms with van der Waals surface area (Å²) in [5.74, 6) is -1.71. The Balaban J connectivity index is 0. The highest BCUT2D eigenvalue weighted by Crippen LogP contribution is 2.05. The molecule has 0 bridgehead atoms. The van der Waals surface area contributed by atoms with Crippen molar-refractivity contribution in [1.29, 1.82) is 0 Å². The highest BCUT2D eigenvalue weighted by molar-refractivity contribution is 7.85. The maximum atomic E-state index is 10.4. The minimum Gasteiger partial charge on any atom is -0.481 e. The number of benzene rings is 2. The van der Waals surface area contributed by atoms with Gasteiger partial charge in [-0.2, -0.15) is 8.42 Å². The molecular weight excluding hydrogens is 384 g/mol. The van der Waals surface area contributed by atoms with Crippen molar-refractivity contribution in [3.8, 4) is 0 Å². The lowest BCUT2D eigenvalue weighted by molar-refractivity contribution is -0.134. The van der Waals surface area contributed by atoms with Crippen molar-refractivity contribution in [3.05, 3.63) is 66.2 Å². The van der Waals surface area contributed by atoms with Gasteiger partial charge in [-0.25, -0.2) is 9.59 Å². The van der Waals surface area contributed by atoms with Crippen LogP contribution in [-0.4, -0.2) is 51.5 Å². The van der Waals surface area contributed by atoms with Gasteiger partial charge in [-0.15, -0.1) is 0 Å². The van der Waals surface area contributed by atoms with Gasteiger partial charge in [-0.3, -0.25) is 9.35 Å². The normalized spacial score (nSPS) is 8.96. The smallest absolute Gasteiger partial charge is 0.481 e. The summed E-state index contributed by atoms with van der Waals surface area (Å²) in [6.45, 7) is 1.08. The lowest BCUT2D eigenvalue weighted by Crippen LogP contribution is -1.96. The van der Waals surface area contributed by atoms with Crippen LogP contribution in [0.2, 0.25) is 0 Å². The number of carboxylic acid groups (broad SMARTS) is 4. The Labute approximate surface area is 154 Å². The van der Waals surface area contributed by atoms with Gasteiger partial charge < -0.3 is 20.4 Å². The fourth-order valence-electron chi connectivity index (χ4n) is 1.17. The monoisotopic (exact) mass is 402 g/mol. The summed E-state index contributed by atoms with van der Waals surface area (Å²) in [4.78, 5) is 27.7. The first-order valence-electron chi connectivity index (χ1n) is 6.80. The summed E-state index contributed by atoms with van der Waals surface area (Å²) in [5, 5.41) is 29.7. The van der Waals surface area contributed by atoms with E-state index in [1.54, 1.807) is 48.5 Å². The van der Waals surface area contributed by atoms with Crippen molar-refractivity contribution in [3.63, 3.8) is 0 Å². The lowest BCUT2D eigenvalue weighted by atomic mass is 10.2. The van der Waals surface area contributed by atoms with Gasteiger partial charge in [0.05, 0.1) is 10.5 Å². The Hall–Kier alpha value is -3.44. The summed E-state index contributed by atoms with van der Waals surface area (Å²) < 4.78 is 29.2. The third kappa shape index (κ3) is 18.7. The van der Waals surface area contributed by atoms with Gasteiger partial charge >= 0.3 is 12.1 Å². The lowest BCUT2D eigenvalue weighted by Gasteiger charge is -1.92. The molecule has 0 spiro atoms. The van der Waals surface area contributed by atoms with E-state index in [9.17, 15) is 13.2 Å². The van der Waals surface area contributed by atoms with Gasteiger partial charge in [0.25, 0.3) is 16.1 Å². The molecule has 0 saturated heterocycles. The topological polar surface area (TPSA) is 186 Å². The summed E-state index contributed by atoms with van der Waals surface area (Å²) >= 11 is 0. The summed E-state index contributed by atoms with van der Waals surface area (Å²) in [6, 6.07) is 15.7. The number of carbonyl (C=O) groups is 3. The zero-order chi connectivity index (χ0) is 21.5. The van der Waals surface area contributed by atoms with Crippen LogP contribution in [0.3, 0.4) is 0 Å². The van der Waals surface area contributed by atoms with E-state index >= 15 is 0 Å². The predicted molar refractivity (Wildman–Crippen MR) is 93.6 cm³/mol. The maximum absolute atomic E-state index is 10.4. The highest BCUT2D eigenvalue weighted by atomic mass is 32.2. The van der Waals surface area contributed by atoms with E-state index < -0.39 is 28.2 Å². The standard InChI is InChI=1S/C7H6O2.C6H6O3S.C2H4O2.CH2O3/c8-7(9)6-4-2-1-3-5-6;7-10(8,9)6-4-2-1-3-5-6;1-2(3)4;2-1(3)4/h1-5H,(H,8,9);1-5H,(H,7,8,9);1H3,(H,3,4);(H2,2,3,4). The number of aromatic carboxylic acids is 1. The summed E-state index contributed by atoms with van der Waals surface area (Å²) in [6.07, 6.45) is -1.83. The van der Waals surface area contributed by atoms with Crippen LogP contribution in [0.1, 0.15) is 17.3 Å². The first kappa shape index (κ1) is 25.8. The fraction of sp³-hybridized carbons (Fsp3) is 0.0625. The number of carboxylic acids is 2. The molecule has 148 valence electrons. The molecule has 2 rings (SSSR count). The first-order chi connectivity index (χ1) is 12.4. The Morgan fingerprint density at radius 2 is 1.04 bits per heavy atom. The molecule has 0 aliphatic carbocycles. The minimum atomic E-state index is -4.00. The van der Waals surface area contributed by atoms with Crippen LogP contribution in [0.25, 0.3) is 0 Å². The predicted octanol–water partition coefficient (Wildman–Crippen LogP) is 2.63. The van der Waals surface area contributed by atoms with Crippen molar-refractivity contribution < 1.29 is 47.8 Å². The van der Waals surface area contributed by atoms with E-state index in [0.29, 0.717) is 5.56 Å². The Kier molecular flexibility index (Phi) is 13.2. The van der Waals surface area contributed by atoms with Crippen LogP contribution in [0.15, 0.2) is 65.6 Å². The van der Waals surface area contributed by atoms with Crippen LogP contribution < -0.4 is 0 Å². The number of hydrogen-bond acceptors (Lipinski definition) is 5. The molecule has 0 aliphatic heterocycles. The third-order valence-corrected chi connectivity index (χ3v) is 2.93. The van der Waals surface area contributed by atoms with E-state index in [0.717, 1.165) is 6.92 Å². The van der Waals surface area contributed by atoms with E-state index in [4.69, 9.17) is 34.6 Å². The molecule has 11 heteroatoms. The van der Waals surface area contributed by atoms with E-state index in [-0.39, 0.29) is 4.90 Å². The van der Waals surface area contributed by atoms with Crippen molar-refractivity contribution >= 4 is 28.2 Å². The molecule has 5 N–H and O–H groups in total. The largest absolute Gasteiger partial charge is 0.503 e. The minimum absolute atomic E-state index is 0.0741.